The molecule has 6 heteroatoms. The van der Waals surface area contributed by atoms with Crippen LogP contribution in [0.4, 0.5) is 0 Å². The molecule has 0 spiro atoms. The maximum Gasteiger partial charge on any atom is 0.225 e. The molecule has 6 nitrogen and oxygen atoms in total. The quantitative estimate of drug-likeness (QED) is 0.818. The Kier molecular flexibility index (Phi) is 5.48. The minimum absolute atomic E-state index is 0.0339. The van der Waals surface area contributed by atoms with E-state index in [0.29, 0.717) is 29.9 Å². The maximum atomic E-state index is 13.2. The first kappa shape index (κ1) is 20.0. The summed E-state index contributed by atoms with van der Waals surface area (Å²) in [6.45, 7) is 0. The Morgan fingerprint density at radius 1 is 0.800 bits per heavy atom. The third-order valence-electron chi connectivity index (χ3n) is 5.93. The summed E-state index contributed by atoms with van der Waals surface area (Å²) in [4.78, 5) is 25.7. The Bertz CT molecular complexity index is 1010. The van der Waals surface area contributed by atoms with Crippen molar-refractivity contribution in [3.05, 3.63) is 64.9 Å². The van der Waals surface area contributed by atoms with Gasteiger partial charge in [0.1, 0.15) is 5.75 Å². The van der Waals surface area contributed by atoms with E-state index in [1.807, 2.05) is 42.5 Å². The number of ether oxygens (including phenoxy) is 3. The number of ketones is 1. The van der Waals surface area contributed by atoms with E-state index in [9.17, 15) is 9.59 Å². The number of allylic oxidation sites excluding steroid dienone is 2. The van der Waals surface area contributed by atoms with Gasteiger partial charge in [-0.1, -0.05) is 18.2 Å². The molecule has 1 amide bonds. The van der Waals surface area contributed by atoms with Crippen LogP contribution in [0.5, 0.6) is 17.2 Å². The van der Waals surface area contributed by atoms with Gasteiger partial charge in [-0.15, -0.1) is 0 Å². The number of methoxy groups -OCH3 is 3. The number of carbonyl (C=O) groups excluding carboxylic acids is 2. The van der Waals surface area contributed by atoms with E-state index in [-0.39, 0.29) is 29.9 Å². The number of hydrogen-bond acceptors (Lipinski definition) is 5. The number of rotatable bonds is 5. The van der Waals surface area contributed by atoms with E-state index in [1.165, 1.54) is 0 Å². The van der Waals surface area contributed by atoms with Crippen molar-refractivity contribution in [1.82, 2.24) is 5.32 Å². The van der Waals surface area contributed by atoms with Crippen LogP contribution in [0.25, 0.3) is 0 Å². The summed E-state index contributed by atoms with van der Waals surface area (Å²) in [6, 6.07) is 13.3. The van der Waals surface area contributed by atoms with E-state index < -0.39 is 0 Å². The fourth-order valence-corrected chi connectivity index (χ4v) is 4.43. The molecule has 0 saturated carbocycles. The molecule has 2 aromatic carbocycles. The lowest BCUT2D eigenvalue weighted by Gasteiger charge is -2.34. The van der Waals surface area contributed by atoms with Gasteiger partial charge < -0.3 is 19.5 Å². The molecular weight excluding hydrogens is 382 g/mol. The standard InChI is InChI=1S/C24H25NO5/c1-28-17-7-4-14(5-8-17)16-10-19-24(20(26)11-16)18(13-23(27)25-19)15-6-9-21(29-2)22(12-15)30-3/h4-9,12,16,18H,10-11,13H2,1-3H3,(H,25,27)/t16-,18+/m1/s1. The summed E-state index contributed by atoms with van der Waals surface area (Å²) < 4.78 is 16.0. The normalized spacial score (nSPS) is 21.0. The molecule has 1 N–H and O–H groups in total. The van der Waals surface area contributed by atoms with Gasteiger partial charge in [-0.3, -0.25) is 9.59 Å². The topological polar surface area (TPSA) is 73.9 Å². The first-order valence-electron chi connectivity index (χ1n) is 9.96. The SMILES string of the molecule is COc1ccc([C@H]2CC(=O)C3=C(C2)NC(=O)C[C@H]3c2ccc(OC)c(OC)c2)cc1. The van der Waals surface area contributed by atoms with Crippen molar-refractivity contribution in [3.63, 3.8) is 0 Å². The fraction of sp³-hybridized carbons (Fsp3) is 0.333. The van der Waals surface area contributed by atoms with Crippen molar-refractivity contribution < 1.29 is 23.8 Å². The Labute approximate surface area is 175 Å². The predicted molar refractivity (Wildman–Crippen MR) is 112 cm³/mol. The lowest BCUT2D eigenvalue weighted by atomic mass is 9.73. The second kappa shape index (κ2) is 8.22. The molecule has 1 heterocycles. The zero-order valence-corrected chi connectivity index (χ0v) is 17.4. The number of benzene rings is 2. The van der Waals surface area contributed by atoms with Crippen molar-refractivity contribution in [2.45, 2.75) is 31.1 Å². The van der Waals surface area contributed by atoms with Crippen LogP contribution >= 0.6 is 0 Å². The summed E-state index contributed by atoms with van der Waals surface area (Å²) >= 11 is 0. The highest BCUT2D eigenvalue weighted by Gasteiger charge is 2.38. The second-order valence-electron chi connectivity index (χ2n) is 7.61. The number of Topliss-reactive ketones (excluding diaryl/α,β-unsaturated/α-hetero) is 1. The van der Waals surface area contributed by atoms with Crippen LogP contribution < -0.4 is 19.5 Å². The Hall–Kier alpha value is -3.28. The van der Waals surface area contributed by atoms with Gasteiger partial charge >= 0.3 is 0 Å². The Balaban J connectivity index is 1.68. The van der Waals surface area contributed by atoms with E-state index in [1.54, 1.807) is 21.3 Å². The van der Waals surface area contributed by atoms with Gasteiger partial charge in [-0.05, 0) is 47.7 Å². The average molecular weight is 407 g/mol. The van der Waals surface area contributed by atoms with Crippen LogP contribution in [0.3, 0.4) is 0 Å². The van der Waals surface area contributed by atoms with Gasteiger partial charge in [-0.25, -0.2) is 0 Å². The number of amides is 1. The molecule has 1 aliphatic heterocycles. The van der Waals surface area contributed by atoms with Gasteiger partial charge in [-0.2, -0.15) is 0 Å². The largest absolute Gasteiger partial charge is 0.497 e. The summed E-state index contributed by atoms with van der Waals surface area (Å²) in [5.74, 6) is 1.74. The molecular formula is C24H25NO5. The lowest BCUT2D eigenvalue weighted by Crippen LogP contribution is -2.38. The fourth-order valence-electron chi connectivity index (χ4n) is 4.43. The summed E-state index contributed by atoms with van der Waals surface area (Å²) in [6.07, 6.45) is 1.29. The highest BCUT2D eigenvalue weighted by atomic mass is 16.5. The minimum atomic E-state index is -0.280. The van der Waals surface area contributed by atoms with Gasteiger partial charge in [0.25, 0.3) is 0 Å². The van der Waals surface area contributed by atoms with Crippen molar-refractivity contribution in [2.75, 3.05) is 21.3 Å². The molecule has 0 fully saturated rings. The number of hydrogen-bond donors (Lipinski definition) is 1. The predicted octanol–water partition coefficient (Wildman–Crippen LogP) is 3.72. The summed E-state index contributed by atoms with van der Waals surface area (Å²) in [5, 5.41) is 2.96. The monoisotopic (exact) mass is 407 g/mol. The molecule has 156 valence electrons. The summed E-state index contributed by atoms with van der Waals surface area (Å²) in [7, 11) is 4.78. The zero-order valence-electron chi connectivity index (χ0n) is 17.4. The molecule has 2 aromatic rings. The average Bonchev–Trinajstić information content (AvgIpc) is 2.77. The van der Waals surface area contributed by atoms with Crippen molar-refractivity contribution >= 4 is 11.7 Å². The first-order valence-corrected chi connectivity index (χ1v) is 9.96. The molecule has 2 aliphatic rings. The zero-order chi connectivity index (χ0) is 21.3. The highest BCUT2D eigenvalue weighted by molar-refractivity contribution is 6.02. The molecule has 0 radical (unpaired) electrons. The molecule has 30 heavy (non-hydrogen) atoms. The summed E-state index contributed by atoms with van der Waals surface area (Å²) in [5.41, 5.74) is 3.40. The molecule has 0 bridgehead atoms. The molecule has 1 aliphatic carbocycles. The van der Waals surface area contributed by atoms with Gasteiger partial charge in [0.05, 0.1) is 21.3 Å². The second-order valence-corrected chi connectivity index (χ2v) is 7.61. The van der Waals surface area contributed by atoms with Crippen LogP contribution in [0.15, 0.2) is 53.7 Å². The van der Waals surface area contributed by atoms with Crippen LogP contribution in [-0.4, -0.2) is 33.0 Å². The Morgan fingerprint density at radius 2 is 1.50 bits per heavy atom. The van der Waals surface area contributed by atoms with Gasteiger partial charge in [0.15, 0.2) is 17.3 Å². The van der Waals surface area contributed by atoms with Crippen LogP contribution in [-0.2, 0) is 9.59 Å². The smallest absolute Gasteiger partial charge is 0.225 e. The van der Waals surface area contributed by atoms with Gasteiger partial charge in [0.2, 0.25) is 5.91 Å². The van der Waals surface area contributed by atoms with E-state index in [2.05, 4.69) is 5.32 Å². The highest BCUT2D eigenvalue weighted by Crippen LogP contribution is 2.44. The van der Waals surface area contributed by atoms with Crippen molar-refractivity contribution in [1.29, 1.82) is 0 Å². The third kappa shape index (κ3) is 3.65. The third-order valence-corrected chi connectivity index (χ3v) is 5.93. The molecule has 0 unspecified atom stereocenters. The van der Waals surface area contributed by atoms with Crippen LogP contribution in [0, 0.1) is 0 Å². The van der Waals surface area contributed by atoms with E-state index >= 15 is 0 Å². The lowest BCUT2D eigenvalue weighted by molar-refractivity contribution is -0.122. The van der Waals surface area contributed by atoms with Gasteiger partial charge in [0, 0.05) is 30.0 Å². The van der Waals surface area contributed by atoms with E-state index in [0.717, 1.165) is 22.6 Å². The molecule has 0 aromatic heterocycles. The van der Waals surface area contributed by atoms with E-state index in [4.69, 9.17) is 14.2 Å². The van der Waals surface area contributed by atoms with Crippen molar-refractivity contribution in [3.8, 4) is 17.2 Å². The minimum Gasteiger partial charge on any atom is -0.497 e. The first-order chi connectivity index (χ1) is 14.5. The number of nitrogens with one attached hydrogen (secondary N) is 1. The maximum absolute atomic E-state index is 13.2. The van der Waals surface area contributed by atoms with Crippen LogP contribution in [0.2, 0.25) is 0 Å². The molecule has 2 atom stereocenters. The van der Waals surface area contributed by atoms with Crippen LogP contribution in [0.1, 0.15) is 42.2 Å². The molecule has 4 rings (SSSR count). The van der Waals surface area contributed by atoms with Crippen molar-refractivity contribution in [2.24, 2.45) is 0 Å². The Morgan fingerprint density at radius 3 is 2.17 bits per heavy atom. The number of carbonyl (C=O) groups is 2. The molecule has 0 saturated heterocycles.